The van der Waals surface area contributed by atoms with E-state index in [1.807, 2.05) is 36.5 Å². The van der Waals surface area contributed by atoms with Crippen molar-refractivity contribution in [1.82, 2.24) is 10.3 Å². The van der Waals surface area contributed by atoms with E-state index in [1.54, 1.807) is 24.5 Å². The second-order valence-corrected chi connectivity index (χ2v) is 4.19. The Balaban J connectivity index is 2.21. The van der Waals surface area contributed by atoms with Crippen molar-refractivity contribution in [2.45, 2.75) is 6.04 Å². The van der Waals surface area contributed by atoms with E-state index < -0.39 is 6.04 Å². The number of nitrogens with zero attached hydrogens (tertiary/aromatic N) is 3. The van der Waals surface area contributed by atoms with Gasteiger partial charge in [0, 0.05) is 6.20 Å². The maximum Gasteiger partial charge on any atom is 0.209 e. The third-order valence-corrected chi connectivity index (χ3v) is 2.74. The van der Waals surface area contributed by atoms with E-state index in [9.17, 15) is 5.11 Å². The van der Waals surface area contributed by atoms with Crippen LogP contribution < -0.4 is 10.6 Å². The molecule has 6 nitrogen and oxygen atoms in total. The van der Waals surface area contributed by atoms with Crippen molar-refractivity contribution >= 4 is 11.6 Å². The molecule has 0 saturated carbocycles. The van der Waals surface area contributed by atoms with E-state index in [4.69, 9.17) is 5.26 Å². The Kier molecular flexibility index (Phi) is 5.26. The highest BCUT2D eigenvalue weighted by atomic mass is 16.3. The topological polar surface area (TPSA) is 93.3 Å². The van der Waals surface area contributed by atoms with Crippen LogP contribution in [0.25, 0.3) is 0 Å². The van der Waals surface area contributed by atoms with Crippen LogP contribution in [0.4, 0.5) is 5.69 Å². The van der Waals surface area contributed by atoms with Crippen LogP contribution in [0.1, 0.15) is 11.6 Å². The van der Waals surface area contributed by atoms with E-state index in [1.165, 1.54) is 0 Å². The number of nitrogens with one attached hydrogen (secondary N) is 2. The standard InChI is InChI=1S/C15H15N5O/c16-11-18-15(19-13-7-4-8-17-9-13)20-14(10-21)12-5-2-1-3-6-12/h1-9,14,21H,10H2,(H2,18,19,20). The highest BCUT2D eigenvalue weighted by molar-refractivity contribution is 5.94. The average Bonchev–Trinajstić information content (AvgIpc) is 2.54. The minimum Gasteiger partial charge on any atom is -0.394 e. The second kappa shape index (κ2) is 7.62. The van der Waals surface area contributed by atoms with Gasteiger partial charge in [0.2, 0.25) is 5.96 Å². The maximum atomic E-state index is 9.50. The number of rotatable bonds is 4. The Morgan fingerprint density at radius 1 is 1.29 bits per heavy atom. The predicted molar refractivity (Wildman–Crippen MR) is 80.3 cm³/mol. The minimum atomic E-state index is -0.453. The molecule has 0 aliphatic heterocycles. The zero-order valence-electron chi connectivity index (χ0n) is 11.3. The van der Waals surface area contributed by atoms with Crippen molar-refractivity contribution in [1.29, 1.82) is 5.26 Å². The van der Waals surface area contributed by atoms with Gasteiger partial charge in [0.15, 0.2) is 6.19 Å². The van der Waals surface area contributed by atoms with Crippen LogP contribution in [0.5, 0.6) is 0 Å². The highest BCUT2D eigenvalue weighted by Crippen LogP contribution is 2.16. The summed E-state index contributed by atoms with van der Waals surface area (Å²) in [6.07, 6.45) is 5.09. The fourth-order valence-corrected chi connectivity index (χ4v) is 1.77. The van der Waals surface area contributed by atoms with Crippen LogP contribution in [0.3, 0.4) is 0 Å². The molecule has 1 unspecified atom stereocenters. The van der Waals surface area contributed by atoms with Gasteiger partial charge in [-0.15, -0.1) is 0 Å². The van der Waals surface area contributed by atoms with Gasteiger partial charge in [-0.3, -0.25) is 10.3 Å². The molecule has 0 fully saturated rings. The Hall–Kier alpha value is -2.91. The molecule has 2 aromatic rings. The summed E-state index contributed by atoms with van der Waals surface area (Å²) >= 11 is 0. The number of hydrogen-bond donors (Lipinski definition) is 3. The largest absolute Gasteiger partial charge is 0.394 e. The zero-order valence-corrected chi connectivity index (χ0v) is 11.3. The lowest BCUT2D eigenvalue weighted by Gasteiger charge is -2.13. The number of aromatic nitrogens is 1. The van der Waals surface area contributed by atoms with Crippen LogP contribution in [0.15, 0.2) is 59.9 Å². The van der Waals surface area contributed by atoms with E-state index >= 15 is 0 Å². The Morgan fingerprint density at radius 2 is 2.10 bits per heavy atom. The van der Waals surface area contributed by atoms with Gasteiger partial charge in [-0.2, -0.15) is 5.26 Å². The molecule has 1 atom stereocenters. The van der Waals surface area contributed by atoms with E-state index in [-0.39, 0.29) is 12.6 Å². The summed E-state index contributed by atoms with van der Waals surface area (Å²) in [6, 6.07) is 12.5. The number of benzene rings is 1. The minimum absolute atomic E-state index is 0.157. The van der Waals surface area contributed by atoms with Gasteiger partial charge >= 0.3 is 0 Å². The number of guanidine groups is 1. The number of aliphatic imine (C=N–C) groups is 1. The number of aliphatic hydroxyl groups excluding tert-OH is 1. The Morgan fingerprint density at radius 3 is 2.71 bits per heavy atom. The maximum absolute atomic E-state index is 9.50. The molecule has 6 heteroatoms. The molecule has 1 heterocycles. The smallest absolute Gasteiger partial charge is 0.209 e. The molecular formula is C15H15N5O. The van der Waals surface area contributed by atoms with Crippen molar-refractivity contribution in [2.75, 3.05) is 11.9 Å². The lowest BCUT2D eigenvalue weighted by atomic mass is 10.1. The number of aliphatic hydroxyl groups is 1. The van der Waals surface area contributed by atoms with Gasteiger partial charge in [0.05, 0.1) is 18.5 Å². The van der Waals surface area contributed by atoms with E-state index in [0.717, 1.165) is 5.56 Å². The third-order valence-electron chi connectivity index (χ3n) is 2.74. The summed E-state index contributed by atoms with van der Waals surface area (Å²) in [6.45, 7) is -0.157. The highest BCUT2D eigenvalue weighted by Gasteiger charge is 2.10. The van der Waals surface area contributed by atoms with Gasteiger partial charge < -0.3 is 10.4 Å². The number of hydrogen-bond acceptors (Lipinski definition) is 4. The molecule has 0 saturated heterocycles. The summed E-state index contributed by atoms with van der Waals surface area (Å²) in [5, 5.41) is 23.7. The monoisotopic (exact) mass is 281 g/mol. The van der Waals surface area contributed by atoms with E-state index in [2.05, 4.69) is 20.6 Å². The molecule has 3 N–H and O–H groups in total. The lowest BCUT2D eigenvalue weighted by molar-refractivity contribution is 0.269. The van der Waals surface area contributed by atoms with Crippen molar-refractivity contribution in [3.8, 4) is 6.19 Å². The molecular weight excluding hydrogens is 266 g/mol. The predicted octanol–water partition coefficient (Wildman–Crippen LogP) is 1.65. The van der Waals surface area contributed by atoms with Crippen LogP contribution in [0, 0.1) is 11.5 Å². The van der Waals surface area contributed by atoms with Crippen LogP contribution in [-0.4, -0.2) is 22.7 Å². The zero-order chi connectivity index (χ0) is 14.9. The average molecular weight is 281 g/mol. The SMILES string of the molecule is N#CNC(=NC(CO)c1ccccc1)Nc1cccnc1. The molecule has 0 aliphatic rings. The van der Waals surface area contributed by atoms with Crippen molar-refractivity contribution in [2.24, 2.45) is 4.99 Å². The van der Waals surface area contributed by atoms with Crippen LogP contribution >= 0.6 is 0 Å². The quantitative estimate of drug-likeness (QED) is 0.343. The molecule has 1 aromatic heterocycles. The fourth-order valence-electron chi connectivity index (χ4n) is 1.77. The molecule has 0 spiro atoms. The molecule has 0 radical (unpaired) electrons. The summed E-state index contributed by atoms with van der Waals surface area (Å²) in [5.41, 5.74) is 1.56. The van der Waals surface area contributed by atoms with Gasteiger partial charge in [-0.25, -0.2) is 4.99 Å². The number of nitriles is 1. The molecule has 2 rings (SSSR count). The normalized spacial score (nSPS) is 12.3. The first-order valence-corrected chi connectivity index (χ1v) is 6.39. The van der Waals surface area contributed by atoms with E-state index in [0.29, 0.717) is 5.69 Å². The number of pyridine rings is 1. The third kappa shape index (κ3) is 4.30. The van der Waals surface area contributed by atoms with Crippen molar-refractivity contribution in [3.63, 3.8) is 0 Å². The summed E-state index contributed by atoms with van der Waals surface area (Å²) < 4.78 is 0. The first-order valence-electron chi connectivity index (χ1n) is 6.39. The van der Waals surface area contributed by atoms with Crippen LogP contribution in [0.2, 0.25) is 0 Å². The second-order valence-electron chi connectivity index (χ2n) is 4.19. The molecule has 21 heavy (non-hydrogen) atoms. The molecule has 1 aromatic carbocycles. The molecule has 106 valence electrons. The molecule has 0 aliphatic carbocycles. The van der Waals surface area contributed by atoms with Crippen LogP contribution in [-0.2, 0) is 0 Å². The lowest BCUT2D eigenvalue weighted by Crippen LogP contribution is -2.28. The summed E-state index contributed by atoms with van der Waals surface area (Å²) in [5.74, 6) is 0.258. The van der Waals surface area contributed by atoms with Gasteiger partial charge in [-0.05, 0) is 17.7 Å². The van der Waals surface area contributed by atoms with Gasteiger partial charge in [0.25, 0.3) is 0 Å². The Bertz CT molecular complexity index is 622. The van der Waals surface area contributed by atoms with Crippen molar-refractivity contribution in [3.05, 3.63) is 60.4 Å². The van der Waals surface area contributed by atoms with Crippen molar-refractivity contribution < 1.29 is 5.11 Å². The van der Waals surface area contributed by atoms with Gasteiger partial charge in [-0.1, -0.05) is 30.3 Å². The Labute approximate surface area is 122 Å². The summed E-state index contributed by atoms with van der Waals surface area (Å²) in [4.78, 5) is 8.32. The fraction of sp³-hybridized carbons (Fsp3) is 0.133. The molecule has 0 bridgehead atoms. The first-order chi connectivity index (χ1) is 10.3. The number of anilines is 1. The first kappa shape index (κ1) is 14.5. The summed E-state index contributed by atoms with van der Waals surface area (Å²) in [7, 11) is 0. The molecule has 0 amide bonds. The van der Waals surface area contributed by atoms with Gasteiger partial charge in [0.1, 0.15) is 6.04 Å².